The van der Waals surface area contributed by atoms with Crippen LogP contribution in [0.15, 0.2) is 0 Å². The van der Waals surface area contributed by atoms with E-state index in [0.29, 0.717) is 18.1 Å². The van der Waals surface area contributed by atoms with Crippen molar-refractivity contribution in [2.24, 2.45) is 7.05 Å². The molecule has 19 heavy (non-hydrogen) atoms. The normalized spacial score (nSPS) is 19.7. The summed E-state index contributed by atoms with van der Waals surface area (Å²) in [7, 11) is 1.86. The van der Waals surface area contributed by atoms with Crippen LogP contribution in [0.2, 0.25) is 0 Å². The van der Waals surface area contributed by atoms with Gasteiger partial charge in [-0.3, -0.25) is 4.79 Å². The summed E-state index contributed by atoms with van der Waals surface area (Å²) in [6, 6.07) is 0. The number of piperidine rings is 1. The number of carbonyl (C=O) groups excluding carboxylic acids is 1. The minimum Gasteiger partial charge on any atom is -0.388 e. The molecule has 1 aromatic rings. The summed E-state index contributed by atoms with van der Waals surface area (Å²) in [6.45, 7) is 1.43. The lowest BCUT2D eigenvalue weighted by molar-refractivity contribution is -0.129. The Labute approximate surface area is 117 Å². The maximum absolute atomic E-state index is 11.9. The fraction of sp³-hybridized carbons (Fsp3) is 0.750. The predicted octanol–water partition coefficient (Wildman–Crippen LogP) is 0.376. The Kier molecular flexibility index (Phi) is 4.81. The molecule has 0 radical (unpaired) electrons. The standard InChI is InChI=1S/C12H20N4O2S/c1-15-10(7-17)13-14-12(15)9-4-3-5-16(6-9)11(18)8-19-2/h9,17H,3-8H2,1-2H3/t9-/m1/s1. The van der Waals surface area contributed by atoms with Crippen LogP contribution in [-0.2, 0) is 18.4 Å². The third kappa shape index (κ3) is 3.09. The minimum absolute atomic E-state index is 0.106. The van der Waals surface area contributed by atoms with Gasteiger partial charge in [0.2, 0.25) is 5.91 Å². The van der Waals surface area contributed by atoms with Crippen LogP contribution >= 0.6 is 11.8 Å². The highest BCUT2D eigenvalue weighted by atomic mass is 32.2. The molecule has 0 spiro atoms. The van der Waals surface area contributed by atoms with Gasteiger partial charge in [0, 0.05) is 26.1 Å². The van der Waals surface area contributed by atoms with Gasteiger partial charge in [-0.05, 0) is 19.1 Å². The molecule has 0 aromatic carbocycles. The highest BCUT2D eigenvalue weighted by Gasteiger charge is 2.27. The third-order valence-electron chi connectivity index (χ3n) is 3.55. The van der Waals surface area contributed by atoms with Gasteiger partial charge >= 0.3 is 0 Å². The second-order valence-corrected chi connectivity index (χ2v) is 5.67. The number of nitrogens with zero attached hydrogens (tertiary/aromatic N) is 4. The first-order chi connectivity index (χ1) is 9.17. The quantitative estimate of drug-likeness (QED) is 0.865. The van der Waals surface area contributed by atoms with E-state index in [9.17, 15) is 4.79 Å². The first-order valence-corrected chi connectivity index (χ1v) is 7.82. The highest BCUT2D eigenvalue weighted by molar-refractivity contribution is 7.99. The van der Waals surface area contributed by atoms with E-state index < -0.39 is 0 Å². The molecule has 0 bridgehead atoms. The van der Waals surface area contributed by atoms with Crippen LogP contribution in [0.4, 0.5) is 0 Å². The van der Waals surface area contributed by atoms with E-state index in [2.05, 4.69) is 10.2 Å². The number of aromatic nitrogens is 3. The number of carbonyl (C=O) groups is 1. The lowest BCUT2D eigenvalue weighted by atomic mass is 9.97. The second kappa shape index (κ2) is 6.38. The number of thioether (sulfide) groups is 1. The molecule has 106 valence electrons. The van der Waals surface area contributed by atoms with E-state index >= 15 is 0 Å². The highest BCUT2D eigenvalue weighted by Crippen LogP contribution is 2.26. The van der Waals surface area contributed by atoms with Crippen molar-refractivity contribution in [2.45, 2.75) is 25.4 Å². The molecule has 1 fully saturated rings. The zero-order valence-corrected chi connectivity index (χ0v) is 12.2. The Hall–Kier alpha value is -1.08. The smallest absolute Gasteiger partial charge is 0.232 e. The predicted molar refractivity (Wildman–Crippen MR) is 73.9 cm³/mol. The van der Waals surface area contributed by atoms with Gasteiger partial charge in [-0.1, -0.05) is 0 Å². The van der Waals surface area contributed by atoms with E-state index in [-0.39, 0.29) is 18.4 Å². The lowest BCUT2D eigenvalue weighted by Gasteiger charge is -2.32. The zero-order chi connectivity index (χ0) is 13.8. The van der Waals surface area contributed by atoms with Crippen LogP contribution in [0, 0.1) is 0 Å². The average Bonchev–Trinajstić information content (AvgIpc) is 2.80. The first kappa shape index (κ1) is 14.3. The monoisotopic (exact) mass is 284 g/mol. The van der Waals surface area contributed by atoms with E-state index in [1.807, 2.05) is 22.8 Å². The molecule has 1 aliphatic heterocycles. The molecule has 2 heterocycles. The number of aliphatic hydroxyl groups excluding tert-OH is 1. The van der Waals surface area contributed by atoms with Crippen molar-refractivity contribution < 1.29 is 9.90 Å². The van der Waals surface area contributed by atoms with Crippen molar-refractivity contribution in [3.8, 4) is 0 Å². The summed E-state index contributed by atoms with van der Waals surface area (Å²) >= 11 is 1.55. The Morgan fingerprint density at radius 1 is 1.53 bits per heavy atom. The van der Waals surface area contributed by atoms with Crippen LogP contribution in [0.1, 0.15) is 30.4 Å². The molecule has 1 saturated heterocycles. The maximum atomic E-state index is 11.9. The molecular weight excluding hydrogens is 264 g/mol. The summed E-state index contributed by atoms with van der Waals surface area (Å²) in [5, 5.41) is 17.3. The largest absolute Gasteiger partial charge is 0.388 e. The first-order valence-electron chi connectivity index (χ1n) is 6.43. The van der Waals surface area contributed by atoms with E-state index in [0.717, 1.165) is 25.2 Å². The third-order valence-corrected chi connectivity index (χ3v) is 4.08. The average molecular weight is 284 g/mol. The van der Waals surface area contributed by atoms with E-state index in [1.54, 1.807) is 11.8 Å². The Morgan fingerprint density at radius 2 is 2.32 bits per heavy atom. The van der Waals surface area contributed by atoms with Crippen LogP contribution in [0.5, 0.6) is 0 Å². The number of hydrogen-bond donors (Lipinski definition) is 1. The molecule has 6 nitrogen and oxygen atoms in total. The molecule has 0 aliphatic carbocycles. The molecule has 1 atom stereocenters. The molecule has 1 N–H and O–H groups in total. The Morgan fingerprint density at radius 3 is 2.95 bits per heavy atom. The van der Waals surface area contributed by atoms with Crippen LogP contribution in [-0.4, -0.2) is 55.8 Å². The topological polar surface area (TPSA) is 71.2 Å². The summed E-state index contributed by atoms with van der Waals surface area (Å²) in [5.74, 6) is 2.39. The van der Waals surface area contributed by atoms with Crippen molar-refractivity contribution in [3.05, 3.63) is 11.6 Å². The van der Waals surface area contributed by atoms with Gasteiger partial charge in [-0.2, -0.15) is 11.8 Å². The molecule has 0 unspecified atom stereocenters. The van der Waals surface area contributed by atoms with Crippen LogP contribution in [0.25, 0.3) is 0 Å². The molecule has 2 rings (SSSR count). The zero-order valence-electron chi connectivity index (χ0n) is 11.4. The molecular formula is C12H20N4O2S. The van der Waals surface area contributed by atoms with Crippen molar-refractivity contribution >= 4 is 17.7 Å². The number of hydrogen-bond acceptors (Lipinski definition) is 5. The Balaban J connectivity index is 2.08. The van der Waals surface area contributed by atoms with Gasteiger partial charge in [0.25, 0.3) is 0 Å². The van der Waals surface area contributed by atoms with Crippen LogP contribution in [0.3, 0.4) is 0 Å². The van der Waals surface area contributed by atoms with Crippen molar-refractivity contribution in [1.82, 2.24) is 19.7 Å². The van der Waals surface area contributed by atoms with Gasteiger partial charge < -0.3 is 14.6 Å². The fourth-order valence-electron chi connectivity index (χ4n) is 2.50. The Bertz CT molecular complexity index is 449. The number of amides is 1. The lowest BCUT2D eigenvalue weighted by Crippen LogP contribution is -2.40. The van der Waals surface area contributed by atoms with Crippen molar-refractivity contribution in [3.63, 3.8) is 0 Å². The number of aliphatic hydroxyl groups is 1. The van der Waals surface area contributed by atoms with E-state index in [1.165, 1.54) is 0 Å². The number of likely N-dealkylation sites (tertiary alicyclic amines) is 1. The summed E-state index contributed by atoms with van der Waals surface area (Å²) in [5.41, 5.74) is 0. The van der Waals surface area contributed by atoms with Gasteiger partial charge in [0.15, 0.2) is 5.82 Å². The van der Waals surface area contributed by atoms with Crippen molar-refractivity contribution in [1.29, 1.82) is 0 Å². The van der Waals surface area contributed by atoms with Gasteiger partial charge in [0.1, 0.15) is 12.4 Å². The van der Waals surface area contributed by atoms with Gasteiger partial charge in [-0.25, -0.2) is 0 Å². The van der Waals surface area contributed by atoms with Crippen LogP contribution < -0.4 is 0 Å². The SMILES string of the molecule is CSCC(=O)N1CCC[C@@H](c2nnc(CO)n2C)C1. The van der Waals surface area contributed by atoms with Crippen molar-refractivity contribution in [2.75, 3.05) is 25.1 Å². The summed E-state index contributed by atoms with van der Waals surface area (Å²) in [6.07, 6.45) is 3.95. The molecule has 1 aromatic heterocycles. The molecule has 1 aliphatic rings. The maximum Gasteiger partial charge on any atom is 0.232 e. The van der Waals surface area contributed by atoms with Gasteiger partial charge in [-0.15, -0.1) is 10.2 Å². The second-order valence-electron chi connectivity index (χ2n) is 4.80. The van der Waals surface area contributed by atoms with E-state index in [4.69, 9.17) is 5.11 Å². The molecule has 1 amide bonds. The molecule has 0 saturated carbocycles. The number of rotatable bonds is 4. The fourth-order valence-corrected chi connectivity index (χ4v) is 2.93. The summed E-state index contributed by atoms with van der Waals surface area (Å²) in [4.78, 5) is 13.9. The molecule has 7 heteroatoms. The van der Waals surface area contributed by atoms with Gasteiger partial charge in [0.05, 0.1) is 5.75 Å². The summed E-state index contributed by atoms with van der Waals surface area (Å²) < 4.78 is 1.84. The minimum atomic E-state index is -0.106.